The van der Waals surface area contributed by atoms with Crippen LogP contribution in [0.1, 0.15) is 48.3 Å². The molecule has 0 bridgehead atoms. The van der Waals surface area contributed by atoms with Crippen molar-refractivity contribution in [2.24, 2.45) is 0 Å². The summed E-state index contributed by atoms with van der Waals surface area (Å²) in [5.74, 6) is 2.36. The molecule has 0 saturated carbocycles. The topological polar surface area (TPSA) is 67.3 Å². The molecular weight excluding hydrogens is 352 g/mol. The quantitative estimate of drug-likeness (QED) is 0.863. The Morgan fingerprint density at radius 3 is 2.93 bits per heavy atom. The molecule has 0 unspecified atom stereocenters. The van der Waals surface area contributed by atoms with Crippen LogP contribution in [-0.2, 0) is 24.2 Å². The lowest BCUT2D eigenvalue weighted by Crippen LogP contribution is -2.38. The van der Waals surface area contributed by atoms with E-state index in [0.717, 1.165) is 60.9 Å². The van der Waals surface area contributed by atoms with Gasteiger partial charge in [0.05, 0.1) is 18.7 Å². The number of carbonyl (C=O) groups is 1. The molecule has 1 fully saturated rings. The summed E-state index contributed by atoms with van der Waals surface area (Å²) < 4.78 is 5.46. The van der Waals surface area contributed by atoms with Gasteiger partial charge in [-0.3, -0.25) is 4.79 Å². The lowest BCUT2D eigenvalue weighted by molar-refractivity contribution is -0.131. The van der Waals surface area contributed by atoms with Gasteiger partial charge in [-0.2, -0.15) is 0 Å². The highest BCUT2D eigenvalue weighted by Gasteiger charge is 2.24. The van der Waals surface area contributed by atoms with Crippen LogP contribution >= 0.6 is 0 Å². The number of fused-ring (bicyclic) bond motifs is 1. The van der Waals surface area contributed by atoms with Gasteiger partial charge in [-0.25, -0.2) is 9.97 Å². The zero-order valence-corrected chi connectivity index (χ0v) is 16.5. The van der Waals surface area contributed by atoms with E-state index in [0.29, 0.717) is 25.5 Å². The highest BCUT2D eigenvalue weighted by Crippen LogP contribution is 2.23. The van der Waals surface area contributed by atoms with E-state index in [4.69, 9.17) is 9.72 Å². The van der Waals surface area contributed by atoms with Crippen molar-refractivity contribution in [1.29, 1.82) is 0 Å². The second kappa shape index (κ2) is 8.69. The number of aromatic nitrogens is 2. The molecule has 28 heavy (non-hydrogen) atoms. The first kappa shape index (κ1) is 18.9. The van der Waals surface area contributed by atoms with Gasteiger partial charge < -0.3 is 15.0 Å². The fraction of sp³-hybridized carbons (Fsp3) is 0.500. The average molecular weight is 380 g/mol. The molecule has 0 spiro atoms. The van der Waals surface area contributed by atoms with Gasteiger partial charge in [0.1, 0.15) is 11.6 Å². The number of nitrogens with zero attached hydrogens (tertiary/aromatic N) is 3. The third kappa shape index (κ3) is 4.33. The zero-order valence-electron chi connectivity index (χ0n) is 16.5. The third-order valence-corrected chi connectivity index (χ3v) is 5.56. The molecule has 0 aliphatic carbocycles. The van der Waals surface area contributed by atoms with Crippen molar-refractivity contribution in [3.05, 3.63) is 53.1 Å². The molecule has 2 aromatic rings. The number of benzene rings is 1. The molecule has 1 aromatic heterocycles. The van der Waals surface area contributed by atoms with Gasteiger partial charge in [-0.15, -0.1) is 0 Å². The Labute approximate surface area is 166 Å². The molecule has 148 valence electrons. The normalized spacial score (nSPS) is 19.2. The van der Waals surface area contributed by atoms with Crippen molar-refractivity contribution < 1.29 is 9.53 Å². The molecule has 1 atom stereocenters. The van der Waals surface area contributed by atoms with Crippen LogP contribution in [0.4, 0.5) is 0 Å². The Morgan fingerprint density at radius 1 is 1.32 bits per heavy atom. The number of hydrogen-bond acceptors (Lipinski definition) is 5. The summed E-state index contributed by atoms with van der Waals surface area (Å²) >= 11 is 0. The lowest BCUT2D eigenvalue weighted by Gasteiger charge is -2.29. The fourth-order valence-electron chi connectivity index (χ4n) is 3.97. The minimum Gasteiger partial charge on any atom is -0.494 e. The molecule has 2 aliphatic heterocycles. The summed E-state index contributed by atoms with van der Waals surface area (Å²) in [7, 11) is 0. The van der Waals surface area contributed by atoms with Gasteiger partial charge in [0.25, 0.3) is 0 Å². The smallest absolute Gasteiger partial charge is 0.227 e. The van der Waals surface area contributed by atoms with Crippen LogP contribution in [0.15, 0.2) is 30.5 Å². The van der Waals surface area contributed by atoms with Crippen molar-refractivity contribution >= 4 is 5.91 Å². The first-order chi connectivity index (χ1) is 13.7. The van der Waals surface area contributed by atoms with Crippen LogP contribution in [0.25, 0.3) is 0 Å². The maximum absolute atomic E-state index is 12.7. The second-order valence-electron chi connectivity index (χ2n) is 7.56. The Morgan fingerprint density at radius 2 is 2.18 bits per heavy atom. The lowest BCUT2D eigenvalue weighted by atomic mass is 9.98. The van der Waals surface area contributed by atoms with Crippen molar-refractivity contribution in [2.45, 2.75) is 45.1 Å². The molecule has 4 rings (SSSR count). The fourth-order valence-corrected chi connectivity index (χ4v) is 3.97. The highest BCUT2D eigenvalue weighted by molar-refractivity contribution is 5.79. The summed E-state index contributed by atoms with van der Waals surface area (Å²) in [5.41, 5.74) is 3.20. The van der Waals surface area contributed by atoms with Crippen LogP contribution in [0.5, 0.6) is 5.75 Å². The molecule has 1 aromatic carbocycles. The minimum absolute atomic E-state index is 0.148. The molecule has 0 radical (unpaired) electrons. The number of amides is 1. The van der Waals surface area contributed by atoms with E-state index in [1.165, 1.54) is 6.42 Å². The number of carbonyl (C=O) groups excluding carboxylic acids is 1. The van der Waals surface area contributed by atoms with Crippen LogP contribution in [0, 0.1) is 0 Å². The standard InChI is InChI=1S/C22H28N4O2/c1-2-28-19-7-5-16(6-8-19)12-21(27)26-11-9-20-18(15-26)14-24-22(25-20)17-4-3-10-23-13-17/h5-8,14,17,23H,2-4,9-13,15H2,1H3/t17-/m1/s1. The maximum Gasteiger partial charge on any atom is 0.227 e. The third-order valence-electron chi connectivity index (χ3n) is 5.56. The van der Waals surface area contributed by atoms with Gasteiger partial charge in [-0.1, -0.05) is 12.1 Å². The molecular formula is C22H28N4O2. The number of ether oxygens (including phenoxy) is 1. The second-order valence-corrected chi connectivity index (χ2v) is 7.56. The van der Waals surface area contributed by atoms with E-state index >= 15 is 0 Å². The van der Waals surface area contributed by atoms with Crippen LogP contribution in [-0.4, -0.2) is 47.0 Å². The molecule has 6 heteroatoms. The van der Waals surface area contributed by atoms with E-state index in [-0.39, 0.29) is 5.91 Å². The van der Waals surface area contributed by atoms with E-state index < -0.39 is 0 Å². The van der Waals surface area contributed by atoms with Crippen molar-refractivity contribution in [1.82, 2.24) is 20.2 Å². The van der Waals surface area contributed by atoms with E-state index in [1.54, 1.807) is 0 Å². The molecule has 6 nitrogen and oxygen atoms in total. The van der Waals surface area contributed by atoms with Gasteiger partial charge in [-0.05, 0) is 44.0 Å². The molecule has 2 aliphatic rings. The largest absolute Gasteiger partial charge is 0.494 e. The first-order valence-corrected chi connectivity index (χ1v) is 10.3. The van der Waals surface area contributed by atoms with E-state index in [1.807, 2.05) is 42.3 Å². The van der Waals surface area contributed by atoms with Crippen molar-refractivity contribution in [2.75, 3.05) is 26.2 Å². The predicted molar refractivity (Wildman–Crippen MR) is 107 cm³/mol. The SMILES string of the molecule is CCOc1ccc(CC(=O)N2CCc3nc([C@@H]4CCCNC4)ncc3C2)cc1. The molecule has 3 heterocycles. The van der Waals surface area contributed by atoms with E-state index in [2.05, 4.69) is 10.3 Å². The Hall–Kier alpha value is -2.47. The summed E-state index contributed by atoms with van der Waals surface area (Å²) in [5, 5.41) is 3.43. The van der Waals surface area contributed by atoms with Gasteiger partial charge in [0, 0.05) is 43.7 Å². The average Bonchev–Trinajstić information content (AvgIpc) is 2.75. The zero-order chi connectivity index (χ0) is 19.3. The Bertz CT molecular complexity index is 816. The molecule has 1 saturated heterocycles. The van der Waals surface area contributed by atoms with E-state index in [9.17, 15) is 4.79 Å². The summed E-state index contributed by atoms with van der Waals surface area (Å²) in [6.45, 7) is 5.99. The number of hydrogen-bond donors (Lipinski definition) is 1. The summed E-state index contributed by atoms with van der Waals surface area (Å²) in [6, 6.07) is 7.78. The minimum atomic E-state index is 0.148. The highest BCUT2D eigenvalue weighted by atomic mass is 16.5. The van der Waals surface area contributed by atoms with Crippen LogP contribution in [0.3, 0.4) is 0 Å². The Balaban J connectivity index is 1.38. The predicted octanol–water partition coefficient (Wildman–Crippen LogP) is 2.47. The molecule has 1 N–H and O–H groups in total. The Kier molecular flexibility index (Phi) is 5.86. The summed E-state index contributed by atoms with van der Waals surface area (Å²) in [4.78, 5) is 24.1. The first-order valence-electron chi connectivity index (χ1n) is 10.3. The summed E-state index contributed by atoms with van der Waals surface area (Å²) in [6.07, 6.45) is 5.48. The van der Waals surface area contributed by atoms with Crippen molar-refractivity contribution in [3.8, 4) is 5.75 Å². The number of nitrogens with one attached hydrogen (secondary N) is 1. The molecule has 1 amide bonds. The van der Waals surface area contributed by atoms with Crippen molar-refractivity contribution in [3.63, 3.8) is 0 Å². The number of rotatable bonds is 5. The van der Waals surface area contributed by atoms with Gasteiger partial charge in [0.2, 0.25) is 5.91 Å². The monoisotopic (exact) mass is 380 g/mol. The maximum atomic E-state index is 12.7. The van der Waals surface area contributed by atoms with Crippen LogP contribution in [0.2, 0.25) is 0 Å². The number of piperidine rings is 1. The van der Waals surface area contributed by atoms with Gasteiger partial charge >= 0.3 is 0 Å². The van der Waals surface area contributed by atoms with Crippen LogP contribution < -0.4 is 10.1 Å². The van der Waals surface area contributed by atoms with Gasteiger partial charge in [0.15, 0.2) is 0 Å².